The number of hydrogen-bond donors (Lipinski definition) is 1. The molecule has 2 heterocycles. The third kappa shape index (κ3) is 7.64. The number of carbonyl (C=O) groups is 2. The summed E-state index contributed by atoms with van der Waals surface area (Å²) < 4.78 is 65.9. The molecule has 1 aromatic heterocycles. The van der Waals surface area contributed by atoms with Crippen molar-refractivity contribution in [3.8, 4) is 0 Å². The van der Waals surface area contributed by atoms with E-state index in [0.29, 0.717) is 34.3 Å². The maximum atomic E-state index is 14.2. The number of aromatic nitrogens is 2. The molecular formula is C33H45F3N4O4SSi. The molecule has 3 atom stereocenters. The highest BCUT2D eigenvalue weighted by Crippen LogP contribution is 2.44. The van der Waals surface area contributed by atoms with Gasteiger partial charge in [0.25, 0.3) is 11.8 Å². The Labute approximate surface area is 272 Å². The van der Waals surface area contributed by atoms with Crippen molar-refractivity contribution >= 4 is 41.9 Å². The van der Waals surface area contributed by atoms with Gasteiger partial charge in [-0.3, -0.25) is 14.5 Å². The van der Waals surface area contributed by atoms with E-state index < -0.39 is 53.9 Å². The van der Waals surface area contributed by atoms with E-state index in [1.54, 1.807) is 74.7 Å². The van der Waals surface area contributed by atoms with Crippen LogP contribution in [0.5, 0.6) is 0 Å². The Morgan fingerprint density at radius 3 is 2.09 bits per heavy atom. The monoisotopic (exact) mass is 678 g/mol. The Kier molecular flexibility index (Phi) is 10.1. The van der Waals surface area contributed by atoms with Gasteiger partial charge in [-0.25, -0.2) is 13.9 Å². The van der Waals surface area contributed by atoms with E-state index in [2.05, 4.69) is 24.4 Å². The molecule has 8 nitrogen and oxygen atoms in total. The number of alkyl halides is 3. The number of nitrogens with one attached hydrogen (secondary N) is 1. The maximum absolute atomic E-state index is 14.2. The highest BCUT2D eigenvalue weighted by Gasteiger charge is 2.49. The zero-order valence-electron chi connectivity index (χ0n) is 28.0. The summed E-state index contributed by atoms with van der Waals surface area (Å²) in [5.41, 5.74) is 0.283. The minimum atomic E-state index is -4.52. The summed E-state index contributed by atoms with van der Waals surface area (Å²) >= 11 is 0. The lowest BCUT2D eigenvalue weighted by molar-refractivity contribution is -0.215. The van der Waals surface area contributed by atoms with Crippen LogP contribution in [-0.2, 0) is 22.5 Å². The SMILES string of the molecule is C[C@H](c1ccc2nc([C@@H](CC(C)(C)C(F)(F)F)N[S@@](=O)C(C)(C)C)n(COCC[Si](C)(C)C)c2c1)N1C(=O)c2ccccc2C1=O. The molecule has 0 saturated heterocycles. The van der Waals surface area contributed by atoms with E-state index in [-0.39, 0.29) is 24.4 Å². The van der Waals surface area contributed by atoms with Crippen molar-refractivity contribution in [1.29, 1.82) is 0 Å². The fraction of sp³-hybridized carbons (Fsp3) is 0.545. The highest BCUT2D eigenvalue weighted by atomic mass is 32.2. The molecule has 0 aliphatic carbocycles. The van der Waals surface area contributed by atoms with E-state index in [9.17, 15) is 27.0 Å². The summed E-state index contributed by atoms with van der Waals surface area (Å²) in [6, 6.07) is 11.2. The van der Waals surface area contributed by atoms with Gasteiger partial charge in [-0.15, -0.1) is 0 Å². The number of benzene rings is 2. The Hall–Kier alpha value is -2.87. The van der Waals surface area contributed by atoms with Crippen LogP contribution >= 0.6 is 0 Å². The van der Waals surface area contributed by atoms with E-state index in [0.717, 1.165) is 19.9 Å². The smallest absolute Gasteiger partial charge is 0.361 e. The molecule has 1 aliphatic heterocycles. The molecule has 0 spiro atoms. The van der Waals surface area contributed by atoms with Crippen LogP contribution in [0.25, 0.3) is 11.0 Å². The quantitative estimate of drug-likeness (QED) is 0.120. The predicted octanol–water partition coefficient (Wildman–Crippen LogP) is 7.78. The average Bonchev–Trinajstić information content (AvgIpc) is 3.42. The van der Waals surface area contributed by atoms with Crippen LogP contribution < -0.4 is 4.72 Å². The lowest BCUT2D eigenvalue weighted by Gasteiger charge is -2.33. The fourth-order valence-electron chi connectivity index (χ4n) is 5.18. The van der Waals surface area contributed by atoms with Gasteiger partial charge < -0.3 is 9.30 Å². The first kappa shape index (κ1) is 36.0. The van der Waals surface area contributed by atoms with E-state index in [1.807, 2.05) is 0 Å². The number of nitrogens with zero attached hydrogens (tertiary/aromatic N) is 3. The van der Waals surface area contributed by atoms with Crippen LogP contribution in [0, 0.1) is 5.41 Å². The maximum Gasteiger partial charge on any atom is 0.394 e. The summed E-state index contributed by atoms with van der Waals surface area (Å²) in [6.07, 6.45) is -4.94. The Balaban J connectivity index is 1.81. The standard InChI is InChI=1S/C33H45F3N4O4SSi/c1-21(40-29(41)23-12-10-11-13-24(23)30(40)42)22-14-15-25-27(18-22)39(20-44-16-17-46(7,8)9)28(37-25)26(38-45(43)31(2,3)4)19-32(5,6)33(34,35)36/h10-15,18,21,26,38H,16-17,19-20H2,1-9H3/t21-,26-,45+/m1/s1. The third-order valence-corrected chi connectivity index (χ3v) is 11.6. The number of rotatable bonds is 12. The fourth-order valence-corrected chi connectivity index (χ4v) is 6.74. The second kappa shape index (κ2) is 13.0. The molecule has 46 heavy (non-hydrogen) atoms. The number of halogens is 3. The van der Waals surface area contributed by atoms with Crippen molar-refractivity contribution in [1.82, 2.24) is 19.2 Å². The van der Waals surface area contributed by atoms with Crippen LogP contribution in [0.15, 0.2) is 42.5 Å². The molecule has 3 aromatic rings. The normalized spacial score (nSPS) is 16.7. The van der Waals surface area contributed by atoms with Gasteiger partial charge in [-0.1, -0.05) is 51.7 Å². The molecule has 1 N–H and O–H groups in total. The number of ether oxygens (including phenoxy) is 1. The number of hydrogen-bond acceptors (Lipinski definition) is 5. The zero-order chi connectivity index (χ0) is 34.4. The molecule has 13 heteroatoms. The first-order chi connectivity index (χ1) is 21.1. The van der Waals surface area contributed by atoms with Crippen LogP contribution in [-0.4, -0.2) is 56.1 Å². The predicted molar refractivity (Wildman–Crippen MR) is 177 cm³/mol. The average molecular weight is 679 g/mol. The van der Waals surface area contributed by atoms with Crippen LogP contribution in [0.2, 0.25) is 25.7 Å². The molecule has 0 bridgehead atoms. The second-order valence-electron chi connectivity index (χ2n) is 14.8. The Morgan fingerprint density at radius 1 is 0.978 bits per heavy atom. The molecule has 2 aromatic carbocycles. The second-order valence-corrected chi connectivity index (χ2v) is 22.5. The van der Waals surface area contributed by atoms with Crippen molar-refractivity contribution in [3.63, 3.8) is 0 Å². The minimum Gasteiger partial charge on any atom is -0.361 e. The third-order valence-electron chi connectivity index (χ3n) is 8.31. The van der Waals surface area contributed by atoms with Gasteiger partial charge in [-0.2, -0.15) is 13.2 Å². The van der Waals surface area contributed by atoms with Crippen molar-refractivity contribution in [2.75, 3.05) is 6.61 Å². The number of carbonyl (C=O) groups excluding carboxylic acids is 2. The molecule has 4 rings (SSSR count). The van der Waals surface area contributed by atoms with Gasteiger partial charge in [0.05, 0.1) is 55.4 Å². The van der Waals surface area contributed by atoms with E-state index in [1.165, 1.54) is 4.90 Å². The highest BCUT2D eigenvalue weighted by molar-refractivity contribution is 7.84. The van der Waals surface area contributed by atoms with E-state index >= 15 is 0 Å². The lowest BCUT2D eigenvalue weighted by Crippen LogP contribution is -2.41. The van der Waals surface area contributed by atoms with Gasteiger partial charge in [0.2, 0.25) is 0 Å². The van der Waals surface area contributed by atoms with E-state index in [4.69, 9.17) is 9.72 Å². The van der Waals surface area contributed by atoms with Gasteiger partial charge in [0, 0.05) is 14.7 Å². The zero-order valence-corrected chi connectivity index (χ0v) is 29.9. The van der Waals surface area contributed by atoms with Gasteiger partial charge >= 0.3 is 6.18 Å². The molecule has 0 unspecified atom stereocenters. The van der Waals surface area contributed by atoms with Gasteiger partial charge in [0.15, 0.2) is 0 Å². The van der Waals surface area contributed by atoms with Crippen molar-refractivity contribution in [2.24, 2.45) is 5.41 Å². The summed E-state index contributed by atoms with van der Waals surface area (Å²) in [7, 11) is -3.15. The molecular weight excluding hydrogens is 634 g/mol. The summed E-state index contributed by atoms with van der Waals surface area (Å²) in [6.45, 7) is 16.4. The molecule has 0 radical (unpaired) electrons. The first-order valence-electron chi connectivity index (χ1n) is 15.4. The number of fused-ring (bicyclic) bond motifs is 2. The van der Waals surface area contributed by atoms with Gasteiger partial charge in [0.1, 0.15) is 12.6 Å². The summed E-state index contributed by atoms with van der Waals surface area (Å²) in [5.74, 6) is -0.510. The van der Waals surface area contributed by atoms with Gasteiger partial charge in [-0.05, 0) is 70.0 Å². The summed E-state index contributed by atoms with van der Waals surface area (Å²) in [5, 5.41) is 0. The van der Waals surface area contributed by atoms with Crippen molar-refractivity contribution in [3.05, 3.63) is 65.0 Å². The largest absolute Gasteiger partial charge is 0.394 e. The topological polar surface area (TPSA) is 93.5 Å². The van der Waals surface area contributed by atoms with Crippen molar-refractivity contribution < 1.29 is 31.7 Å². The minimum absolute atomic E-state index is 0.00788. The first-order valence-corrected chi connectivity index (χ1v) is 20.3. The lowest BCUT2D eigenvalue weighted by atomic mass is 9.85. The molecule has 2 amide bonds. The van der Waals surface area contributed by atoms with Crippen molar-refractivity contribution in [2.45, 2.75) is 103 Å². The summed E-state index contributed by atoms with van der Waals surface area (Å²) in [4.78, 5) is 32.5. The van der Waals surface area contributed by atoms with Crippen LogP contribution in [0.3, 0.4) is 0 Å². The molecule has 1 aliphatic rings. The van der Waals surface area contributed by atoms with Crippen LogP contribution in [0.1, 0.15) is 92.2 Å². The molecule has 252 valence electrons. The van der Waals surface area contributed by atoms with Crippen LogP contribution in [0.4, 0.5) is 13.2 Å². The Morgan fingerprint density at radius 2 is 1.57 bits per heavy atom. The molecule has 0 saturated carbocycles. The number of imidazole rings is 1. The Bertz CT molecular complexity index is 1610. The number of amides is 2. The molecule has 0 fully saturated rings. The number of imide groups is 1.